The number of rotatable bonds is 7. The number of halogens is 2. The summed E-state index contributed by atoms with van der Waals surface area (Å²) < 4.78 is 23.9. The molecule has 88 valence electrons. The summed E-state index contributed by atoms with van der Waals surface area (Å²) in [6.07, 6.45) is -0.900. The number of alkyl halides is 2. The molecule has 3 nitrogen and oxygen atoms in total. The van der Waals surface area contributed by atoms with Crippen LogP contribution in [0.5, 0.6) is 0 Å². The quantitative estimate of drug-likeness (QED) is 0.704. The Labute approximate surface area is 90.1 Å². The number of hydrogen-bond donors (Lipinski definition) is 1. The van der Waals surface area contributed by atoms with Gasteiger partial charge < -0.3 is 10.2 Å². The minimum atomic E-state index is -2.29. The molecule has 0 aliphatic carbocycles. The third kappa shape index (κ3) is 6.37. The maximum Gasteiger partial charge on any atom is 0.251 e. The monoisotopic (exact) mass is 219 g/mol. The molecule has 0 aromatic heterocycles. The number of nitrogens with one attached hydrogen (secondary N) is 1. The molecule has 1 atom stereocenters. The number of nitrogens with zero attached hydrogens (tertiary/aromatic N) is 2. The van der Waals surface area contributed by atoms with E-state index in [9.17, 15) is 8.78 Å². The smallest absolute Gasteiger partial charge is 0.251 e. The summed E-state index contributed by atoms with van der Waals surface area (Å²) in [6.45, 7) is 2.19. The van der Waals surface area contributed by atoms with Gasteiger partial charge in [0.15, 0.2) is 0 Å². The average molecular weight is 219 g/mol. The van der Waals surface area contributed by atoms with Gasteiger partial charge in [-0.15, -0.1) is 0 Å². The maximum absolute atomic E-state index is 12.0. The molecular weight excluding hydrogens is 200 g/mol. The minimum Gasteiger partial charge on any atom is -0.303 e. The van der Waals surface area contributed by atoms with E-state index < -0.39 is 12.0 Å². The fourth-order valence-corrected chi connectivity index (χ4v) is 1.27. The lowest BCUT2D eigenvalue weighted by Gasteiger charge is -2.22. The van der Waals surface area contributed by atoms with Gasteiger partial charge in [-0.1, -0.05) is 0 Å². The van der Waals surface area contributed by atoms with Gasteiger partial charge in [0.05, 0.1) is 12.6 Å². The van der Waals surface area contributed by atoms with Gasteiger partial charge >= 0.3 is 0 Å². The van der Waals surface area contributed by atoms with Gasteiger partial charge in [0, 0.05) is 0 Å². The highest BCUT2D eigenvalue weighted by Gasteiger charge is 2.20. The van der Waals surface area contributed by atoms with Crippen LogP contribution < -0.4 is 5.32 Å². The van der Waals surface area contributed by atoms with Gasteiger partial charge in [-0.05, 0) is 40.4 Å². The van der Waals surface area contributed by atoms with Crippen molar-refractivity contribution in [2.24, 2.45) is 0 Å². The molecule has 0 amide bonds. The van der Waals surface area contributed by atoms with Crippen molar-refractivity contribution < 1.29 is 8.78 Å². The summed E-state index contributed by atoms with van der Waals surface area (Å²) in [6, 6.07) is 2.16. The van der Waals surface area contributed by atoms with E-state index in [1.807, 2.05) is 0 Å². The van der Waals surface area contributed by atoms with Crippen molar-refractivity contribution in [2.45, 2.75) is 31.7 Å². The molecule has 0 saturated heterocycles. The normalized spacial score (nSPS) is 15.3. The van der Waals surface area contributed by atoms with E-state index in [1.54, 1.807) is 25.9 Å². The van der Waals surface area contributed by atoms with Crippen LogP contribution in [0.3, 0.4) is 0 Å². The Morgan fingerprint density at radius 1 is 1.53 bits per heavy atom. The Kier molecular flexibility index (Phi) is 6.37. The first kappa shape index (κ1) is 14.3. The van der Waals surface area contributed by atoms with Crippen LogP contribution in [0.25, 0.3) is 0 Å². The lowest BCUT2D eigenvalue weighted by molar-refractivity contribution is 0.0990. The van der Waals surface area contributed by atoms with Crippen LogP contribution >= 0.6 is 0 Å². The average Bonchev–Trinajstić information content (AvgIpc) is 2.16. The van der Waals surface area contributed by atoms with Crippen LogP contribution in [0, 0.1) is 11.3 Å². The molecule has 15 heavy (non-hydrogen) atoms. The number of hydrogen-bond acceptors (Lipinski definition) is 3. The van der Waals surface area contributed by atoms with E-state index in [1.165, 1.54) is 0 Å². The first-order valence-electron chi connectivity index (χ1n) is 5.00. The van der Waals surface area contributed by atoms with Crippen LogP contribution in [-0.4, -0.2) is 44.0 Å². The van der Waals surface area contributed by atoms with Gasteiger partial charge in [-0.25, -0.2) is 8.78 Å². The molecule has 0 aliphatic rings. The van der Waals surface area contributed by atoms with Gasteiger partial charge in [0.2, 0.25) is 0 Å². The molecule has 0 aromatic carbocycles. The standard InChI is InChI=1S/C10H19F2N3/c1-10(8-13,14-2)5-4-6-15(3)7-9(11)12/h9,14H,4-7H2,1-3H3. The summed E-state index contributed by atoms with van der Waals surface area (Å²) in [4.78, 5) is 1.58. The van der Waals surface area contributed by atoms with E-state index in [0.29, 0.717) is 13.0 Å². The molecule has 0 rings (SSSR count). The van der Waals surface area contributed by atoms with Gasteiger partial charge in [0.1, 0.15) is 5.54 Å². The minimum absolute atomic E-state index is 0.206. The Balaban J connectivity index is 3.74. The molecule has 0 bridgehead atoms. The Morgan fingerprint density at radius 3 is 2.53 bits per heavy atom. The molecule has 0 fully saturated rings. The SMILES string of the molecule is CNC(C)(C#N)CCCN(C)CC(F)F. The molecule has 5 heteroatoms. The molecule has 0 spiro atoms. The first-order valence-corrected chi connectivity index (χ1v) is 5.00. The van der Waals surface area contributed by atoms with Crippen molar-refractivity contribution in [3.8, 4) is 6.07 Å². The zero-order chi connectivity index (χ0) is 11.9. The molecule has 0 saturated carbocycles. The van der Waals surface area contributed by atoms with Gasteiger partial charge in [-0.2, -0.15) is 5.26 Å². The molecule has 0 radical (unpaired) electrons. The highest BCUT2D eigenvalue weighted by atomic mass is 19.3. The van der Waals surface area contributed by atoms with E-state index >= 15 is 0 Å². The van der Waals surface area contributed by atoms with Crippen LogP contribution in [0.15, 0.2) is 0 Å². The second-order valence-electron chi connectivity index (χ2n) is 3.95. The summed E-state index contributed by atoms with van der Waals surface area (Å²) in [5.41, 5.74) is -0.550. The van der Waals surface area contributed by atoms with Crippen molar-refractivity contribution in [1.82, 2.24) is 10.2 Å². The van der Waals surface area contributed by atoms with E-state index in [2.05, 4.69) is 11.4 Å². The van der Waals surface area contributed by atoms with Crippen LogP contribution in [0.2, 0.25) is 0 Å². The molecular formula is C10H19F2N3. The lowest BCUT2D eigenvalue weighted by atomic mass is 9.98. The fraction of sp³-hybridized carbons (Fsp3) is 0.900. The third-order valence-electron chi connectivity index (χ3n) is 2.46. The van der Waals surface area contributed by atoms with E-state index in [-0.39, 0.29) is 6.54 Å². The second kappa shape index (κ2) is 6.70. The molecule has 0 aromatic rings. The van der Waals surface area contributed by atoms with Gasteiger partial charge in [-0.3, -0.25) is 0 Å². The van der Waals surface area contributed by atoms with Crippen molar-refractivity contribution in [2.75, 3.05) is 27.2 Å². The highest BCUT2D eigenvalue weighted by molar-refractivity contribution is 5.02. The molecule has 0 heterocycles. The molecule has 1 unspecified atom stereocenters. The van der Waals surface area contributed by atoms with Gasteiger partial charge in [0.25, 0.3) is 6.43 Å². The predicted octanol–water partition coefficient (Wildman–Crippen LogP) is 1.47. The molecule has 0 aliphatic heterocycles. The summed E-state index contributed by atoms with van der Waals surface area (Å²) in [5.74, 6) is 0. The molecule has 1 N–H and O–H groups in total. The second-order valence-corrected chi connectivity index (χ2v) is 3.95. The topological polar surface area (TPSA) is 39.1 Å². The van der Waals surface area contributed by atoms with Crippen molar-refractivity contribution in [1.29, 1.82) is 5.26 Å². The first-order chi connectivity index (χ1) is 6.93. The Hall–Kier alpha value is -0.730. The third-order valence-corrected chi connectivity index (χ3v) is 2.46. The predicted molar refractivity (Wildman–Crippen MR) is 55.8 cm³/mol. The lowest BCUT2D eigenvalue weighted by Crippen LogP contribution is -2.38. The Morgan fingerprint density at radius 2 is 2.13 bits per heavy atom. The number of nitriles is 1. The maximum atomic E-state index is 12.0. The van der Waals surface area contributed by atoms with Crippen LogP contribution in [0.1, 0.15) is 19.8 Å². The fourth-order valence-electron chi connectivity index (χ4n) is 1.27. The van der Waals surface area contributed by atoms with Crippen molar-refractivity contribution >= 4 is 0 Å². The summed E-state index contributed by atoms with van der Waals surface area (Å²) in [5, 5.41) is 11.8. The van der Waals surface area contributed by atoms with Crippen molar-refractivity contribution in [3.63, 3.8) is 0 Å². The Bertz CT molecular complexity index is 215. The van der Waals surface area contributed by atoms with Crippen molar-refractivity contribution in [3.05, 3.63) is 0 Å². The largest absolute Gasteiger partial charge is 0.303 e. The summed E-state index contributed by atoms with van der Waals surface area (Å²) >= 11 is 0. The zero-order valence-corrected chi connectivity index (χ0v) is 9.56. The summed E-state index contributed by atoms with van der Waals surface area (Å²) in [7, 11) is 3.39. The van der Waals surface area contributed by atoms with Crippen LogP contribution in [0.4, 0.5) is 8.78 Å². The zero-order valence-electron chi connectivity index (χ0n) is 9.56. The highest BCUT2D eigenvalue weighted by Crippen LogP contribution is 2.10. The van der Waals surface area contributed by atoms with E-state index in [4.69, 9.17) is 5.26 Å². The van der Waals surface area contributed by atoms with E-state index in [0.717, 1.165) is 6.42 Å². The van der Waals surface area contributed by atoms with Crippen LogP contribution in [-0.2, 0) is 0 Å².